The van der Waals surface area contributed by atoms with Crippen LogP contribution >= 0.6 is 0 Å². The second-order valence-corrected chi connectivity index (χ2v) is 5.62. The van der Waals surface area contributed by atoms with Gasteiger partial charge >= 0.3 is 12.1 Å². The fraction of sp³-hybridized carbons (Fsp3) is 0.500. The van der Waals surface area contributed by atoms with E-state index in [1.807, 2.05) is 20.8 Å². The molecule has 0 saturated heterocycles. The predicted molar refractivity (Wildman–Crippen MR) is 69.2 cm³/mol. The fourth-order valence-corrected chi connectivity index (χ4v) is 1.71. The zero-order chi connectivity index (χ0) is 15.6. The highest BCUT2D eigenvalue weighted by molar-refractivity contribution is 5.69. The average molecular weight is 289 g/mol. The van der Waals surface area contributed by atoms with Crippen LogP contribution in [-0.4, -0.2) is 28.1 Å². The maximum atomic E-state index is 12.5. The first-order valence-corrected chi connectivity index (χ1v) is 6.13. The minimum absolute atomic E-state index is 0.162. The van der Waals surface area contributed by atoms with Gasteiger partial charge in [-0.2, -0.15) is 13.2 Å². The van der Waals surface area contributed by atoms with Crippen molar-refractivity contribution in [3.05, 3.63) is 35.4 Å². The van der Waals surface area contributed by atoms with Crippen molar-refractivity contribution in [1.82, 2.24) is 4.90 Å². The van der Waals surface area contributed by atoms with Crippen molar-refractivity contribution in [1.29, 1.82) is 0 Å². The number of rotatable bonds is 4. The van der Waals surface area contributed by atoms with E-state index in [1.54, 1.807) is 4.90 Å². The average Bonchev–Trinajstić information content (AvgIpc) is 2.25. The third-order valence-electron chi connectivity index (χ3n) is 2.93. The standard InChI is InChI=1S/C14H18F3NO2/c1-13(2,3)18(9-12(19)20)8-10-4-6-11(7-5-10)14(15,16)17/h4-7H,8-9H2,1-3H3,(H,19,20). The molecule has 0 fully saturated rings. The Balaban J connectivity index is 2.87. The van der Waals surface area contributed by atoms with Crippen molar-refractivity contribution in [3.63, 3.8) is 0 Å². The molecule has 0 bridgehead atoms. The normalized spacial score (nSPS) is 12.8. The number of benzene rings is 1. The van der Waals surface area contributed by atoms with Gasteiger partial charge in [-0.15, -0.1) is 0 Å². The molecule has 1 N–H and O–H groups in total. The molecule has 0 spiro atoms. The molecule has 0 atom stereocenters. The summed E-state index contributed by atoms with van der Waals surface area (Å²) in [5.41, 5.74) is -0.447. The van der Waals surface area contributed by atoms with Gasteiger partial charge in [-0.25, -0.2) is 0 Å². The van der Waals surface area contributed by atoms with Gasteiger partial charge in [0.2, 0.25) is 0 Å². The molecular formula is C14H18F3NO2. The lowest BCUT2D eigenvalue weighted by Gasteiger charge is -2.34. The highest BCUT2D eigenvalue weighted by atomic mass is 19.4. The molecule has 20 heavy (non-hydrogen) atoms. The summed E-state index contributed by atoms with van der Waals surface area (Å²) in [5, 5.41) is 8.89. The van der Waals surface area contributed by atoms with Gasteiger partial charge in [-0.1, -0.05) is 12.1 Å². The van der Waals surface area contributed by atoms with Gasteiger partial charge in [-0.3, -0.25) is 9.69 Å². The summed E-state index contributed by atoms with van der Waals surface area (Å²) in [6.07, 6.45) is -4.36. The maximum Gasteiger partial charge on any atom is 0.416 e. The topological polar surface area (TPSA) is 40.5 Å². The van der Waals surface area contributed by atoms with Crippen LogP contribution in [0.3, 0.4) is 0 Å². The molecule has 3 nitrogen and oxygen atoms in total. The van der Waals surface area contributed by atoms with Crippen LogP contribution in [0.4, 0.5) is 13.2 Å². The number of aliphatic carboxylic acids is 1. The summed E-state index contributed by atoms with van der Waals surface area (Å²) >= 11 is 0. The molecule has 0 aromatic heterocycles. The monoisotopic (exact) mass is 289 g/mol. The van der Waals surface area contributed by atoms with Gasteiger partial charge in [-0.05, 0) is 38.5 Å². The Morgan fingerprint density at radius 1 is 1.15 bits per heavy atom. The molecule has 0 amide bonds. The van der Waals surface area contributed by atoms with Gasteiger partial charge in [0, 0.05) is 12.1 Å². The fourth-order valence-electron chi connectivity index (χ4n) is 1.71. The Morgan fingerprint density at radius 2 is 1.65 bits per heavy atom. The van der Waals surface area contributed by atoms with Gasteiger partial charge in [0.25, 0.3) is 0 Å². The van der Waals surface area contributed by atoms with E-state index in [9.17, 15) is 18.0 Å². The zero-order valence-corrected chi connectivity index (χ0v) is 11.7. The van der Waals surface area contributed by atoms with Crippen LogP contribution in [-0.2, 0) is 17.5 Å². The molecule has 0 aliphatic heterocycles. The van der Waals surface area contributed by atoms with Gasteiger partial charge < -0.3 is 5.11 Å². The number of hydrogen-bond acceptors (Lipinski definition) is 2. The van der Waals surface area contributed by atoms with E-state index in [0.29, 0.717) is 5.56 Å². The molecule has 6 heteroatoms. The van der Waals surface area contributed by atoms with E-state index < -0.39 is 17.7 Å². The third-order valence-corrected chi connectivity index (χ3v) is 2.93. The number of nitrogens with zero attached hydrogens (tertiary/aromatic N) is 1. The molecule has 112 valence electrons. The molecule has 0 aliphatic rings. The van der Waals surface area contributed by atoms with Crippen molar-refractivity contribution in [3.8, 4) is 0 Å². The number of halogens is 3. The summed E-state index contributed by atoms with van der Waals surface area (Å²) in [5.74, 6) is -0.966. The van der Waals surface area contributed by atoms with Crippen molar-refractivity contribution in [2.45, 2.75) is 39.0 Å². The minimum Gasteiger partial charge on any atom is -0.480 e. The van der Waals surface area contributed by atoms with E-state index in [2.05, 4.69) is 0 Å². The van der Waals surface area contributed by atoms with Crippen molar-refractivity contribution in [2.75, 3.05) is 6.54 Å². The van der Waals surface area contributed by atoms with Crippen LogP contribution < -0.4 is 0 Å². The van der Waals surface area contributed by atoms with Crippen LogP contribution in [0.25, 0.3) is 0 Å². The van der Waals surface area contributed by atoms with E-state index in [1.165, 1.54) is 12.1 Å². The van der Waals surface area contributed by atoms with Crippen LogP contribution in [0.15, 0.2) is 24.3 Å². The lowest BCUT2D eigenvalue weighted by Crippen LogP contribution is -2.43. The molecular weight excluding hydrogens is 271 g/mol. The zero-order valence-electron chi connectivity index (χ0n) is 11.7. The summed E-state index contributed by atoms with van der Waals surface area (Å²) in [4.78, 5) is 12.5. The Morgan fingerprint density at radius 3 is 2.00 bits per heavy atom. The van der Waals surface area contributed by atoms with Crippen molar-refractivity contribution >= 4 is 5.97 Å². The number of hydrogen-bond donors (Lipinski definition) is 1. The smallest absolute Gasteiger partial charge is 0.416 e. The Bertz CT molecular complexity index is 461. The number of carboxylic acid groups (broad SMARTS) is 1. The molecule has 1 aromatic rings. The van der Waals surface area contributed by atoms with Crippen LogP contribution in [0.2, 0.25) is 0 Å². The number of carboxylic acids is 1. The highest BCUT2D eigenvalue weighted by Crippen LogP contribution is 2.29. The second kappa shape index (κ2) is 5.83. The molecule has 1 rings (SSSR count). The van der Waals surface area contributed by atoms with Crippen LogP contribution in [0.5, 0.6) is 0 Å². The largest absolute Gasteiger partial charge is 0.480 e. The first kappa shape index (κ1) is 16.5. The Kier molecular flexibility index (Phi) is 4.81. The molecule has 0 radical (unpaired) electrons. The maximum absolute atomic E-state index is 12.5. The number of carbonyl (C=O) groups is 1. The molecule has 0 heterocycles. The summed E-state index contributed by atoms with van der Waals surface area (Å²) < 4.78 is 37.4. The quantitative estimate of drug-likeness (QED) is 0.923. The van der Waals surface area contributed by atoms with Crippen molar-refractivity contribution < 1.29 is 23.1 Å². The number of alkyl halides is 3. The van der Waals surface area contributed by atoms with E-state index in [0.717, 1.165) is 12.1 Å². The third kappa shape index (κ3) is 4.85. The Hall–Kier alpha value is -1.56. The van der Waals surface area contributed by atoms with E-state index >= 15 is 0 Å². The van der Waals surface area contributed by atoms with Crippen LogP contribution in [0, 0.1) is 0 Å². The summed E-state index contributed by atoms with van der Waals surface area (Å²) in [7, 11) is 0. The first-order valence-electron chi connectivity index (χ1n) is 6.13. The first-order chi connectivity index (χ1) is 9.00. The Labute approximate surface area is 116 Å². The predicted octanol–water partition coefficient (Wildman–Crippen LogP) is 3.39. The molecule has 1 aromatic carbocycles. The van der Waals surface area contributed by atoms with E-state index in [-0.39, 0.29) is 18.6 Å². The molecule has 0 saturated carbocycles. The van der Waals surface area contributed by atoms with Gasteiger partial charge in [0.15, 0.2) is 0 Å². The van der Waals surface area contributed by atoms with Crippen molar-refractivity contribution in [2.24, 2.45) is 0 Å². The van der Waals surface area contributed by atoms with Gasteiger partial charge in [0.1, 0.15) is 0 Å². The lowest BCUT2D eigenvalue weighted by atomic mass is 10.0. The summed E-state index contributed by atoms with van der Waals surface area (Å²) in [6.45, 7) is 5.71. The summed E-state index contributed by atoms with van der Waals surface area (Å²) in [6, 6.07) is 4.78. The highest BCUT2D eigenvalue weighted by Gasteiger charge is 2.30. The minimum atomic E-state index is -4.36. The lowest BCUT2D eigenvalue weighted by molar-refractivity contribution is -0.140. The molecule has 0 unspecified atom stereocenters. The second-order valence-electron chi connectivity index (χ2n) is 5.62. The van der Waals surface area contributed by atoms with Gasteiger partial charge in [0.05, 0.1) is 12.1 Å². The molecule has 0 aliphatic carbocycles. The van der Waals surface area contributed by atoms with Crippen LogP contribution in [0.1, 0.15) is 31.9 Å². The van der Waals surface area contributed by atoms with E-state index in [4.69, 9.17) is 5.11 Å². The SMILES string of the molecule is CC(C)(C)N(CC(=O)O)Cc1ccc(C(F)(F)F)cc1.